The van der Waals surface area contributed by atoms with Crippen LogP contribution in [0.4, 0.5) is 11.4 Å². The molecule has 0 saturated carbocycles. The van der Waals surface area contributed by atoms with Gasteiger partial charge in [0.1, 0.15) is 11.3 Å². The zero-order chi connectivity index (χ0) is 21.8. The Morgan fingerprint density at radius 1 is 1.13 bits per heavy atom. The Hall–Kier alpha value is -3.63. The summed E-state index contributed by atoms with van der Waals surface area (Å²) < 4.78 is 0. The Morgan fingerprint density at radius 2 is 1.87 bits per heavy atom. The van der Waals surface area contributed by atoms with E-state index < -0.39 is 5.25 Å². The van der Waals surface area contributed by atoms with Gasteiger partial charge in [-0.15, -0.1) is 0 Å². The van der Waals surface area contributed by atoms with Gasteiger partial charge in [0, 0.05) is 18.4 Å². The van der Waals surface area contributed by atoms with Crippen LogP contribution in [0.1, 0.15) is 18.9 Å². The zero-order valence-corrected chi connectivity index (χ0v) is 17.7. The molecule has 1 heterocycles. The van der Waals surface area contributed by atoms with Gasteiger partial charge in [0.15, 0.2) is 5.17 Å². The lowest BCUT2D eigenvalue weighted by atomic mass is 10.1. The molecule has 1 N–H and O–H groups in total. The molecule has 0 aromatic heterocycles. The molecule has 4 rings (SSSR count). The molecule has 1 fully saturated rings. The normalized spacial score (nSPS) is 17.2. The van der Waals surface area contributed by atoms with Crippen LogP contribution in [0.15, 0.2) is 71.7 Å². The number of carbonyl (C=O) groups excluding carboxylic acids is 2. The number of carbonyl (C=O) groups is 2. The van der Waals surface area contributed by atoms with Crippen LogP contribution in [0.3, 0.4) is 0 Å². The summed E-state index contributed by atoms with van der Waals surface area (Å²) in [6.45, 7) is 2.37. The van der Waals surface area contributed by atoms with Crippen molar-refractivity contribution in [2.75, 3.05) is 11.9 Å². The fourth-order valence-corrected chi connectivity index (χ4v) is 4.70. The van der Waals surface area contributed by atoms with Gasteiger partial charge in [0.2, 0.25) is 11.8 Å². The SMILES string of the molecule is CCN1C(=O)C(CC(=O)Nc2ccccc2C#N)SC1=Nc1cccc2ccccc12. The zero-order valence-electron chi connectivity index (χ0n) is 16.9. The van der Waals surface area contributed by atoms with Crippen molar-refractivity contribution in [1.29, 1.82) is 5.26 Å². The summed E-state index contributed by atoms with van der Waals surface area (Å²) in [6.07, 6.45) is 0.00825. The predicted octanol–water partition coefficient (Wildman–Crippen LogP) is 4.69. The molecule has 3 aromatic carbocycles. The Bertz CT molecular complexity index is 1230. The van der Waals surface area contributed by atoms with E-state index in [0.717, 1.165) is 16.5 Å². The van der Waals surface area contributed by atoms with Gasteiger partial charge in [0.05, 0.1) is 16.9 Å². The van der Waals surface area contributed by atoms with E-state index in [-0.39, 0.29) is 18.2 Å². The van der Waals surface area contributed by atoms with Crippen LogP contribution in [0, 0.1) is 11.3 Å². The lowest BCUT2D eigenvalue weighted by Crippen LogP contribution is -2.33. The summed E-state index contributed by atoms with van der Waals surface area (Å²) >= 11 is 1.30. The van der Waals surface area contributed by atoms with E-state index >= 15 is 0 Å². The number of rotatable bonds is 5. The van der Waals surface area contributed by atoms with Gasteiger partial charge in [-0.3, -0.25) is 14.5 Å². The number of fused-ring (bicyclic) bond motifs is 1. The summed E-state index contributed by atoms with van der Waals surface area (Å²) in [5.74, 6) is -0.439. The molecule has 3 aromatic rings. The second-order valence-corrected chi connectivity index (χ2v) is 8.16. The highest BCUT2D eigenvalue weighted by Gasteiger charge is 2.38. The lowest BCUT2D eigenvalue weighted by molar-refractivity contribution is -0.128. The van der Waals surface area contributed by atoms with Crippen molar-refractivity contribution < 1.29 is 9.59 Å². The van der Waals surface area contributed by atoms with Crippen molar-refractivity contribution in [3.05, 3.63) is 72.3 Å². The first-order valence-corrected chi connectivity index (χ1v) is 10.8. The number of hydrogen-bond donors (Lipinski definition) is 1. The van der Waals surface area contributed by atoms with Gasteiger partial charge >= 0.3 is 0 Å². The third kappa shape index (κ3) is 4.30. The molecule has 154 valence electrons. The first-order chi connectivity index (χ1) is 15.1. The van der Waals surface area contributed by atoms with E-state index in [4.69, 9.17) is 4.99 Å². The Balaban J connectivity index is 1.55. The standard InChI is InChI=1S/C24H20N4O2S/c1-2-28-23(30)21(14-22(29)26-19-12-6-4-9-17(19)15-25)31-24(28)27-20-13-7-10-16-8-3-5-11-18(16)20/h3-13,21H,2,14H2,1H3,(H,26,29). The Morgan fingerprint density at radius 3 is 2.68 bits per heavy atom. The van der Waals surface area contributed by atoms with E-state index in [1.54, 1.807) is 29.2 Å². The molecule has 6 nitrogen and oxygen atoms in total. The predicted molar refractivity (Wildman–Crippen MR) is 124 cm³/mol. The fraction of sp³-hybridized carbons (Fsp3) is 0.167. The van der Waals surface area contributed by atoms with Gasteiger partial charge in [-0.2, -0.15) is 5.26 Å². The van der Waals surface area contributed by atoms with Crippen LogP contribution < -0.4 is 5.32 Å². The summed E-state index contributed by atoms with van der Waals surface area (Å²) in [5.41, 5.74) is 1.62. The summed E-state index contributed by atoms with van der Waals surface area (Å²) in [4.78, 5) is 31.9. The number of nitriles is 1. The molecule has 0 bridgehead atoms. The number of hydrogen-bond acceptors (Lipinski definition) is 5. The third-order valence-corrected chi connectivity index (χ3v) is 6.19. The molecule has 1 aliphatic heterocycles. The molecular formula is C24H20N4O2S. The number of nitrogens with one attached hydrogen (secondary N) is 1. The van der Waals surface area contributed by atoms with Gasteiger partial charge in [-0.05, 0) is 30.5 Å². The molecule has 1 unspecified atom stereocenters. The van der Waals surface area contributed by atoms with Gasteiger partial charge in [0.25, 0.3) is 0 Å². The fourth-order valence-electron chi connectivity index (χ4n) is 3.48. The topological polar surface area (TPSA) is 85.6 Å². The molecule has 0 aliphatic carbocycles. The summed E-state index contributed by atoms with van der Waals surface area (Å²) in [6, 6.07) is 22.7. The summed E-state index contributed by atoms with van der Waals surface area (Å²) in [7, 11) is 0. The first kappa shape index (κ1) is 20.6. The molecule has 1 aliphatic rings. The van der Waals surface area contributed by atoms with Crippen LogP contribution in [-0.2, 0) is 9.59 Å². The molecule has 2 amide bonds. The maximum atomic E-state index is 12.9. The van der Waals surface area contributed by atoms with E-state index in [1.807, 2.05) is 49.4 Å². The molecule has 7 heteroatoms. The molecular weight excluding hydrogens is 408 g/mol. The number of aliphatic imine (C=N–C) groups is 1. The van der Waals surface area contributed by atoms with Crippen molar-refractivity contribution in [1.82, 2.24) is 4.90 Å². The van der Waals surface area contributed by atoms with Crippen molar-refractivity contribution in [3.63, 3.8) is 0 Å². The van der Waals surface area contributed by atoms with E-state index in [0.29, 0.717) is 23.0 Å². The number of amidine groups is 1. The molecule has 31 heavy (non-hydrogen) atoms. The minimum Gasteiger partial charge on any atom is -0.325 e. The third-order valence-electron chi connectivity index (χ3n) is 5.01. The average molecular weight is 429 g/mol. The largest absolute Gasteiger partial charge is 0.325 e. The van der Waals surface area contributed by atoms with Crippen LogP contribution in [0.25, 0.3) is 10.8 Å². The number of anilines is 1. The summed E-state index contributed by atoms with van der Waals surface area (Å²) in [5, 5.41) is 14.1. The number of amides is 2. The van der Waals surface area contributed by atoms with Gasteiger partial charge in [-0.25, -0.2) is 4.99 Å². The first-order valence-electron chi connectivity index (χ1n) is 9.94. The highest BCUT2D eigenvalue weighted by molar-refractivity contribution is 8.15. The molecule has 0 spiro atoms. The molecule has 0 radical (unpaired) electrons. The number of nitrogens with zero attached hydrogens (tertiary/aromatic N) is 3. The number of para-hydroxylation sites is 1. The highest BCUT2D eigenvalue weighted by atomic mass is 32.2. The highest BCUT2D eigenvalue weighted by Crippen LogP contribution is 2.34. The van der Waals surface area contributed by atoms with Crippen molar-refractivity contribution in [2.45, 2.75) is 18.6 Å². The Labute approximate surface area is 184 Å². The van der Waals surface area contributed by atoms with Crippen LogP contribution >= 0.6 is 11.8 Å². The lowest BCUT2D eigenvalue weighted by Gasteiger charge is -2.13. The van der Waals surface area contributed by atoms with Crippen LogP contribution in [0.5, 0.6) is 0 Å². The number of thioether (sulfide) groups is 1. The second kappa shape index (κ2) is 9.02. The van der Waals surface area contributed by atoms with Crippen molar-refractivity contribution >= 4 is 50.9 Å². The van der Waals surface area contributed by atoms with E-state index in [2.05, 4.69) is 11.4 Å². The van der Waals surface area contributed by atoms with Crippen molar-refractivity contribution in [2.24, 2.45) is 4.99 Å². The minimum atomic E-state index is -0.553. The molecule has 1 atom stereocenters. The maximum absolute atomic E-state index is 12.9. The minimum absolute atomic E-state index is 0.00825. The van der Waals surface area contributed by atoms with Crippen LogP contribution in [0.2, 0.25) is 0 Å². The monoisotopic (exact) mass is 428 g/mol. The Kier molecular flexibility index (Phi) is 6.01. The van der Waals surface area contributed by atoms with Gasteiger partial charge < -0.3 is 5.32 Å². The van der Waals surface area contributed by atoms with E-state index in [9.17, 15) is 14.9 Å². The quantitative estimate of drug-likeness (QED) is 0.639. The van der Waals surface area contributed by atoms with Crippen LogP contribution in [-0.4, -0.2) is 33.7 Å². The maximum Gasteiger partial charge on any atom is 0.242 e. The van der Waals surface area contributed by atoms with Gasteiger partial charge in [-0.1, -0.05) is 60.3 Å². The van der Waals surface area contributed by atoms with E-state index in [1.165, 1.54) is 11.8 Å². The molecule has 1 saturated heterocycles. The number of benzene rings is 3. The average Bonchev–Trinajstić information content (AvgIpc) is 3.08. The second-order valence-electron chi connectivity index (χ2n) is 6.99. The van der Waals surface area contributed by atoms with Crippen molar-refractivity contribution in [3.8, 4) is 6.07 Å². The smallest absolute Gasteiger partial charge is 0.242 e.